The molecule has 0 fully saturated rings. The van der Waals surface area contributed by atoms with E-state index in [0.29, 0.717) is 6.54 Å². The SMILES string of the molecule is CCCCCCCCCCCCNS(=O)(=O)c1ccc(-c2ccnc3c2ccc2c(-c4ccc(SOOOC)cc4)ccnc23)cc1. The van der Waals surface area contributed by atoms with E-state index in [4.69, 9.17) is 14.3 Å². The number of hydrogen-bond acceptors (Lipinski definition) is 8. The first-order valence-corrected chi connectivity index (χ1v) is 18.7. The van der Waals surface area contributed by atoms with E-state index in [9.17, 15) is 8.42 Å². The number of nitrogens with one attached hydrogen (secondary N) is 1. The predicted molar refractivity (Wildman–Crippen MR) is 190 cm³/mol. The third-order valence-electron chi connectivity index (χ3n) is 8.31. The summed E-state index contributed by atoms with van der Waals surface area (Å²) in [5, 5.41) is 6.40. The summed E-state index contributed by atoms with van der Waals surface area (Å²) in [4.78, 5) is 15.0. The maximum atomic E-state index is 13.0. The second kappa shape index (κ2) is 17.7. The summed E-state index contributed by atoms with van der Waals surface area (Å²) in [5.41, 5.74) is 5.53. The topological polar surface area (TPSA) is 99.6 Å². The van der Waals surface area contributed by atoms with E-state index in [0.717, 1.165) is 80.3 Å². The number of nitrogens with zero attached hydrogens (tertiary/aromatic N) is 2. The van der Waals surface area contributed by atoms with Gasteiger partial charge in [-0.05, 0) is 65.1 Å². The van der Waals surface area contributed by atoms with E-state index in [2.05, 4.69) is 33.7 Å². The van der Waals surface area contributed by atoms with Crippen LogP contribution in [0, 0.1) is 0 Å². The molecule has 3 aromatic carbocycles. The number of fused-ring (bicyclic) bond motifs is 3. The van der Waals surface area contributed by atoms with Crippen LogP contribution in [0.1, 0.15) is 71.1 Å². The Hall–Kier alpha value is -3.38. The normalized spacial score (nSPS) is 11.9. The predicted octanol–water partition coefficient (Wildman–Crippen LogP) is 9.83. The van der Waals surface area contributed by atoms with Crippen LogP contribution in [0.15, 0.2) is 95.0 Å². The quantitative estimate of drug-likeness (QED) is 0.0304. The monoisotopic (exact) mass is 673 g/mol. The van der Waals surface area contributed by atoms with Crippen molar-refractivity contribution in [2.75, 3.05) is 13.7 Å². The van der Waals surface area contributed by atoms with Crippen LogP contribution in [0.25, 0.3) is 44.1 Å². The Morgan fingerprint density at radius 2 is 1.17 bits per heavy atom. The second-order valence-electron chi connectivity index (χ2n) is 11.6. The molecule has 5 rings (SSSR count). The van der Waals surface area contributed by atoms with Crippen LogP contribution in [0.4, 0.5) is 0 Å². The first kappa shape index (κ1) is 34.9. The number of aromatic nitrogens is 2. The van der Waals surface area contributed by atoms with Gasteiger partial charge in [0.25, 0.3) is 0 Å². The Morgan fingerprint density at radius 3 is 1.70 bits per heavy atom. The maximum Gasteiger partial charge on any atom is 0.240 e. The highest BCUT2D eigenvalue weighted by Gasteiger charge is 2.15. The van der Waals surface area contributed by atoms with Crippen LogP contribution < -0.4 is 4.72 Å². The van der Waals surface area contributed by atoms with E-state index in [-0.39, 0.29) is 4.90 Å². The zero-order valence-electron chi connectivity index (χ0n) is 27.1. The molecule has 0 radical (unpaired) electrons. The largest absolute Gasteiger partial charge is 0.254 e. The van der Waals surface area contributed by atoms with Gasteiger partial charge in [-0.15, -0.1) is 4.33 Å². The average molecular weight is 674 g/mol. The summed E-state index contributed by atoms with van der Waals surface area (Å²) >= 11 is 1.06. The maximum absolute atomic E-state index is 13.0. The molecule has 0 spiro atoms. The van der Waals surface area contributed by atoms with Crippen molar-refractivity contribution in [3.05, 3.63) is 85.2 Å². The molecule has 8 nitrogen and oxygen atoms in total. The van der Waals surface area contributed by atoms with E-state index >= 15 is 0 Å². The van der Waals surface area contributed by atoms with Crippen molar-refractivity contribution in [1.82, 2.24) is 14.7 Å². The van der Waals surface area contributed by atoms with Crippen LogP contribution in [0.5, 0.6) is 0 Å². The van der Waals surface area contributed by atoms with Crippen LogP contribution in [-0.4, -0.2) is 32.0 Å². The third kappa shape index (κ3) is 9.37. The van der Waals surface area contributed by atoms with E-state index in [1.54, 1.807) is 24.5 Å². The van der Waals surface area contributed by atoms with Gasteiger partial charge in [0.15, 0.2) is 0 Å². The van der Waals surface area contributed by atoms with Crippen LogP contribution in [-0.2, 0) is 24.3 Å². The summed E-state index contributed by atoms with van der Waals surface area (Å²) in [6, 6.07) is 23.1. The van der Waals surface area contributed by atoms with Gasteiger partial charge >= 0.3 is 0 Å². The van der Waals surface area contributed by atoms with Crippen molar-refractivity contribution >= 4 is 43.9 Å². The van der Waals surface area contributed by atoms with Crippen molar-refractivity contribution in [2.24, 2.45) is 0 Å². The van der Waals surface area contributed by atoms with Crippen LogP contribution in [0.2, 0.25) is 0 Å². The van der Waals surface area contributed by atoms with Crippen molar-refractivity contribution in [1.29, 1.82) is 0 Å². The fraction of sp³-hybridized carbons (Fsp3) is 0.351. The average Bonchev–Trinajstić information content (AvgIpc) is 3.10. The number of sulfonamides is 1. The van der Waals surface area contributed by atoms with Crippen LogP contribution in [0.3, 0.4) is 0 Å². The van der Waals surface area contributed by atoms with Gasteiger partial charge in [-0.2, -0.15) is 0 Å². The molecule has 1 N–H and O–H groups in total. The van der Waals surface area contributed by atoms with Gasteiger partial charge < -0.3 is 0 Å². The smallest absolute Gasteiger partial charge is 0.240 e. The summed E-state index contributed by atoms with van der Waals surface area (Å²) in [7, 11) is -2.20. The Kier molecular flexibility index (Phi) is 13.1. The number of unbranched alkanes of at least 4 members (excludes halogenated alkanes) is 9. The van der Waals surface area contributed by atoms with Crippen molar-refractivity contribution in [2.45, 2.75) is 80.9 Å². The highest BCUT2D eigenvalue weighted by Crippen LogP contribution is 2.36. The number of pyridine rings is 2. The zero-order chi connectivity index (χ0) is 32.9. The summed E-state index contributed by atoms with van der Waals surface area (Å²) < 4.78 is 33.6. The first-order chi connectivity index (χ1) is 23.0. The zero-order valence-corrected chi connectivity index (χ0v) is 28.7. The molecule has 0 saturated heterocycles. The van der Waals surface area contributed by atoms with Crippen molar-refractivity contribution in [3.63, 3.8) is 0 Å². The Labute approximate surface area is 282 Å². The molecule has 2 aromatic heterocycles. The van der Waals surface area contributed by atoms with Gasteiger partial charge in [-0.25, -0.2) is 18.0 Å². The standard InChI is InChI=1S/C37H43N3O5S2/c1-3-4-5-6-7-8-9-10-11-12-25-40-47(41,42)31-19-15-29(16-20-31)33-24-27-39-37-35(33)22-21-34-32(23-26-38-36(34)37)28-13-17-30(18-14-28)46-45-44-43-2/h13-24,26-27,40H,3-12,25H2,1-2H3. The molecular weight excluding hydrogens is 631 g/mol. The minimum Gasteiger partial charge on any atom is -0.254 e. The minimum atomic E-state index is -3.57. The third-order valence-corrected chi connectivity index (χ3v) is 10.4. The molecular formula is C37H43N3O5S2. The van der Waals surface area contributed by atoms with Gasteiger partial charge in [0, 0.05) is 34.6 Å². The summed E-state index contributed by atoms with van der Waals surface area (Å²) in [6.45, 7) is 2.70. The molecule has 0 aliphatic carbocycles. The lowest BCUT2D eigenvalue weighted by Gasteiger charge is -2.12. The van der Waals surface area contributed by atoms with E-state index in [1.807, 2.05) is 48.5 Å². The molecule has 2 heterocycles. The Bertz CT molecular complexity index is 1830. The molecule has 0 atom stereocenters. The molecule has 0 bridgehead atoms. The lowest BCUT2D eigenvalue weighted by molar-refractivity contribution is -0.447. The molecule has 0 saturated carbocycles. The molecule has 0 unspecified atom stereocenters. The molecule has 47 heavy (non-hydrogen) atoms. The van der Waals surface area contributed by atoms with Gasteiger partial charge in [-0.3, -0.25) is 9.97 Å². The van der Waals surface area contributed by atoms with Crippen molar-refractivity contribution in [3.8, 4) is 22.3 Å². The van der Waals surface area contributed by atoms with E-state index in [1.165, 1.54) is 52.1 Å². The lowest BCUT2D eigenvalue weighted by atomic mass is 9.96. The fourth-order valence-corrected chi connectivity index (χ4v) is 7.30. The fourth-order valence-electron chi connectivity index (χ4n) is 5.82. The Morgan fingerprint density at radius 1 is 0.660 bits per heavy atom. The lowest BCUT2D eigenvalue weighted by Crippen LogP contribution is -2.24. The first-order valence-electron chi connectivity index (χ1n) is 16.4. The number of rotatable bonds is 19. The summed E-state index contributed by atoms with van der Waals surface area (Å²) in [5.74, 6) is 0. The van der Waals surface area contributed by atoms with Gasteiger partial charge in [0.1, 0.15) is 0 Å². The molecule has 248 valence electrons. The van der Waals surface area contributed by atoms with E-state index < -0.39 is 10.0 Å². The van der Waals surface area contributed by atoms with Gasteiger partial charge in [-0.1, -0.05) is 106 Å². The van der Waals surface area contributed by atoms with Crippen molar-refractivity contribution < 1.29 is 22.7 Å². The molecule has 10 heteroatoms. The second-order valence-corrected chi connectivity index (χ2v) is 14.1. The van der Waals surface area contributed by atoms with Gasteiger partial charge in [0.05, 0.1) is 35.1 Å². The number of benzene rings is 3. The number of hydrogen-bond donors (Lipinski definition) is 1. The van der Waals surface area contributed by atoms with Crippen LogP contribution >= 0.6 is 12.0 Å². The summed E-state index contributed by atoms with van der Waals surface area (Å²) in [6.07, 6.45) is 15.7. The van der Waals surface area contributed by atoms with Gasteiger partial charge in [0.2, 0.25) is 10.0 Å². The molecule has 0 aliphatic heterocycles. The highest BCUT2D eigenvalue weighted by molar-refractivity contribution is 7.94. The molecule has 5 aromatic rings. The Balaban J connectivity index is 1.24. The highest BCUT2D eigenvalue weighted by atomic mass is 32.2. The molecule has 0 aliphatic rings. The minimum absolute atomic E-state index is 0.269. The molecule has 0 amide bonds.